The summed E-state index contributed by atoms with van der Waals surface area (Å²) >= 11 is 0. The molecule has 0 radical (unpaired) electrons. The maximum atomic E-state index is 12.2. The largest absolute Gasteiger partial charge is 0.446 e. The van der Waals surface area contributed by atoms with Gasteiger partial charge in [0.25, 0.3) is 0 Å². The number of nitrogens with two attached hydrogens (primary N) is 1. The molecular weight excluding hydrogens is 444 g/mol. The van der Waals surface area contributed by atoms with Gasteiger partial charge in [0.15, 0.2) is 0 Å². The number of allylic oxidation sites excluding steroid dienone is 4. The van der Waals surface area contributed by atoms with Crippen molar-refractivity contribution in [2.24, 2.45) is 34.8 Å². The standard InChI is InChI=1S/C32H54N2O2/c1-23(2)10-8-11-25(4)29-17-18-30-26(12-9-19-32(29,30)5)14-15-27-22-28(16-13-24(27)3)36-31(35)34-21-7-6-20-33/h14-15,23,25,28-30H,3,6-13,16-22,33H2,1-2,4-5H3,(H,34,35)/b26-14+,27-15-/t25-,28+,29-,30+,32-/m1/s1. The van der Waals surface area contributed by atoms with Crippen molar-refractivity contribution in [3.63, 3.8) is 0 Å². The summed E-state index contributed by atoms with van der Waals surface area (Å²) in [5.74, 6) is 3.23. The monoisotopic (exact) mass is 498 g/mol. The van der Waals surface area contributed by atoms with Gasteiger partial charge in [0, 0.05) is 13.0 Å². The van der Waals surface area contributed by atoms with Crippen LogP contribution < -0.4 is 11.1 Å². The average Bonchev–Trinajstić information content (AvgIpc) is 3.19. The highest BCUT2D eigenvalue weighted by Gasteiger charge is 2.50. The Hall–Kier alpha value is -1.55. The van der Waals surface area contributed by atoms with Crippen molar-refractivity contribution < 1.29 is 9.53 Å². The highest BCUT2D eigenvalue weighted by Crippen LogP contribution is 2.60. The number of hydrogen-bond acceptors (Lipinski definition) is 3. The summed E-state index contributed by atoms with van der Waals surface area (Å²) in [7, 11) is 0. The Morgan fingerprint density at radius 1 is 1.14 bits per heavy atom. The predicted octanol–water partition coefficient (Wildman–Crippen LogP) is 8.09. The summed E-state index contributed by atoms with van der Waals surface area (Å²) < 4.78 is 5.73. The fourth-order valence-corrected chi connectivity index (χ4v) is 7.40. The Bertz CT molecular complexity index is 798. The molecule has 0 aliphatic heterocycles. The molecule has 3 aliphatic rings. The van der Waals surface area contributed by atoms with E-state index in [1.165, 1.54) is 62.5 Å². The van der Waals surface area contributed by atoms with Gasteiger partial charge in [-0.2, -0.15) is 0 Å². The van der Waals surface area contributed by atoms with Crippen molar-refractivity contribution in [2.75, 3.05) is 13.1 Å². The maximum Gasteiger partial charge on any atom is 0.407 e. The van der Waals surface area contributed by atoms with Gasteiger partial charge in [-0.05, 0) is 99.0 Å². The smallest absolute Gasteiger partial charge is 0.407 e. The van der Waals surface area contributed by atoms with Gasteiger partial charge in [-0.3, -0.25) is 0 Å². The molecule has 4 nitrogen and oxygen atoms in total. The second-order valence-corrected chi connectivity index (χ2v) is 12.6. The quantitative estimate of drug-likeness (QED) is 0.283. The van der Waals surface area contributed by atoms with Crippen molar-refractivity contribution in [1.82, 2.24) is 5.32 Å². The van der Waals surface area contributed by atoms with Crippen molar-refractivity contribution in [2.45, 2.75) is 117 Å². The molecule has 4 heteroatoms. The van der Waals surface area contributed by atoms with E-state index in [1.54, 1.807) is 5.57 Å². The molecule has 0 aromatic heterocycles. The van der Waals surface area contributed by atoms with Crippen LogP contribution in [0, 0.1) is 29.1 Å². The summed E-state index contributed by atoms with van der Waals surface area (Å²) in [6.07, 6.45) is 19.5. The molecule has 3 rings (SSSR count). The van der Waals surface area contributed by atoms with Gasteiger partial charge < -0.3 is 15.8 Å². The summed E-state index contributed by atoms with van der Waals surface area (Å²) in [6.45, 7) is 15.4. The Balaban J connectivity index is 1.60. The number of fused-ring (bicyclic) bond motifs is 1. The molecule has 204 valence electrons. The second kappa shape index (κ2) is 13.8. The molecule has 1 amide bonds. The highest BCUT2D eigenvalue weighted by molar-refractivity contribution is 5.67. The SMILES string of the molecule is C=C1CC[C@H](OC(=O)NCCCCN)C/C1=C/C=C1\CCC[C@]2(C)[C@@H]([C@H](C)CCCC(C)C)CC[C@@H]12. The van der Waals surface area contributed by atoms with E-state index in [1.807, 2.05) is 0 Å². The van der Waals surface area contributed by atoms with Gasteiger partial charge in [-0.25, -0.2) is 4.79 Å². The molecule has 0 bridgehead atoms. The van der Waals surface area contributed by atoms with Crippen LogP contribution in [0.25, 0.3) is 0 Å². The van der Waals surface area contributed by atoms with Crippen molar-refractivity contribution >= 4 is 6.09 Å². The van der Waals surface area contributed by atoms with Crippen molar-refractivity contribution in [3.05, 3.63) is 35.5 Å². The lowest BCUT2D eigenvalue weighted by Crippen LogP contribution is -2.36. The van der Waals surface area contributed by atoms with E-state index in [0.717, 1.165) is 55.8 Å². The number of unbranched alkanes of at least 4 members (excludes halogenated alkanes) is 1. The molecule has 0 unspecified atom stereocenters. The first-order valence-electron chi connectivity index (χ1n) is 15.0. The van der Waals surface area contributed by atoms with Gasteiger partial charge in [-0.15, -0.1) is 0 Å². The molecule has 5 atom stereocenters. The molecule has 0 heterocycles. The number of amides is 1. The second-order valence-electron chi connectivity index (χ2n) is 12.6. The summed E-state index contributed by atoms with van der Waals surface area (Å²) in [5.41, 5.74) is 10.1. The molecule has 36 heavy (non-hydrogen) atoms. The number of ether oxygens (including phenoxy) is 1. The molecule has 3 aliphatic carbocycles. The van der Waals surface area contributed by atoms with Gasteiger partial charge >= 0.3 is 6.09 Å². The van der Waals surface area contributed by atoms with E-state index in [-0.39, 0.29) is 12.2 Å². The van der Waals surface area contributed by atoms with Gasteiger partial charge in [0.05, 0.1) is 0 Å². The van der Waals surface area contributed by atoms with Gasteiger partial charge in [0.1, 0.15) is 6.10 Å². The number of alkyl carbamates (subject to hydrolysis) is 1. The van der Waals surface area contributed by atoms with Crippen molar-refractivity contribution in [3.8, 4) is 0 Å². The van der Waals surface area contributed by atoms with Crippen LogP contribution in [-0.4, -0.2) is 25.3 Å². The third kappa shape index (κ3) is 7.73. The van der Waals surface area contributed by atoms with E-state index in [2.05, 4.69) is 51.7 Å². The lowest BCUT2D eigenvalue weighted by atomic mass is 9.60. The highest BCUT2D eigenvalue weighted by atomic mass is 16.6. The summed E-state index contributed by atoms with van der Waals surface area (Å²) in [5, 5.41) is 2.86. The van der Waals surface area contributed by atoms with Crippen LogP contribution in [0.2, 0.25) is 0 Å². The zero-order valence-electron chi connectivity index (χ0n) is 23.7. The van der Waals surface area contributed by atoms with E-state index in [4.69, 9.17) is 10.5 Å². The first-order chi connectivity index (χ1) is 17.2. The normalized spacial score (nSPS) is 31.6. The maximum absolute atomic E-state index is 12.2. The third-order valence-corrected chi connectivity index (χ3v) is 9.51. The molecule has 0 aromatic rings. The van der Waals surface area contributed by atoms with Crippen LogP contribution in [0.15, 0.2) is 35.5 Å². The number of rotatable bonds is 11. The zero-order chi connectivity index (χ0) is 26.1. The van der Waals surface area contributed by atoms with E-state index >= 15 is 0 Å². The number of hydrogen-bond donors (Lipinski definition) is 2. The summed E-state index contributed by atoms with van der Waals surface area (Å²) in [6, 6.07) is 0. The molecule has 3 saturated carbocycles. The predicted molar refractivity (Wildman–Crippen MR) is 152 cm³/mol. The van der Waals surface area contributed by atoms with Crippen LogP contribution in [0.4, 0.5) is 4.79 Å². The molecular formula is C32H54N2O2. The van der Waals surface area contributed by atoms with Crippen molar-refractivity contribution in [1.29, 1.82) is 0 Å². The van der Waals surface area contributed by atoms with E-state index in [0.29, 0.717) is 18.5 Å². The van der Waals surface area contributed by atoms with Crippen LogP contribution in [-0.2, 0) is 4.74 Å². The molecule has 0 spiro atoms. The topological polar surface area (TPSA) is 64.3 Å². The zero-order valence-corrected chi connectivity index (χ0v) is 23.7. The molecule has 3 fully saturated rings. The summed E-state index contributed by atoms with van der Waals surface area (Å²) in [4.78, 5) is 12.2. The third-order valence-electron chi connectivity index (χ3n) is 9.51. The Morgan fingerprint density at radius 2 is 1.94 bits per heavy atom. The fraction of sp³-hybridized carbons (Fsp3) is 0.781. The number of nitrogens with one attached hydrogen (secondary N) is 1. The van der Waals surface area contributed by atoms with E-state index < -0.39 is 0 Å². The average molecular weight is 499 g/mol. The number of carbonyl (C=O) groups excluding carboxylic acids is 1. The fourth-order valence-electron chi connectivity index (χ4n) is 7.40. The lowest BCUT2D eigenvalue weighted by molar-refractivity contribution is 0.0892. The minimum Gasteiger partial charge on any atom is -0.446 e. The first-order valence-corrected chi connectivity index (χ1v) is 15.0. The molecule has 0 aromatic carbocycles. The van der Waals surface area contributed by atoms with E-state index in [9.17, 15) is 4.79 Å². The lowest BCUT2D eigenvalue weighted by Gasteiger charge is -2.44. The van der Waals surface area contributed by atoms with Crippen LogP contribution in [0.1, 0.15) is 111 Å². The van der Waals surface area contributed by atoms with Gasteiger partial charge in [0.2, 0.25) is 0 Å². The number of carbonyl (C=O) groups is 1. The minimum absolute atomic E-state index is 0.0613. The first kappa shape index (κ1) is 29.0. The van der Waals surface area contributed by atoms with Crippen LogP contribution >= 0.6 is 0 Å². The Kier molecular flexibility index (Phi) is 11.2. The van der Waals surface area contributed by atoms with Gasteiger partial charge in [-0.1, -0.05) is 76.8 Å². The Morgan fingerprint density at radius 3 is 2.69 bits per heavy atom. The molecule has 0 saturated heterocycles. The van der Waals surface area contributed by atoms with Crippen LogP contribution in [0.3, 0.4) is 0 Å². The minimum atomic E-state index is -0.301. The Labute approximate surface area is 221 Å². The molecule has 3 N–H and O–H groups in total. The van der Waals surface area contributed by atoms with Crippen LogP contribution in [0.5, 0.6) is 0 Å².